The van der Waals surface area contributed by atoms with Crippen LogP contribution in [0.4, 0.5) is 11.4 Å². The van der Waals surface area contributed by atoms with E-state index in [1.165, 1.54) is 55.9 Å². The van der Waals surface area contributed by atoms with Gasteiger partial charge in [0.1, 0.15) is 0 Å². The van der Waals surface area contributed by atoms with Crippen molar-refractivity contribution >= 4 is 16.9 Å². The van der Waals surface area contributed by atoms with Crippen LogP contribution in [0.2, 0.25) is 0 Å². The van der Waals surface area contributed by atoms with Crippen LogP contribution in [0.25, 0.3) is 16.7 Å². The zero-order chi connectivity index (χ0) is 24.4. The Balaban J connectivity index is 1.29. The highest BCUT2D eigenvalue weighted by atomic mass is 15.2. The Kier molecular flexibility index (Phi) is 4.66. The summed E-state index contributed by atoms with van der Waals surface area (Å²) in [4.78, 5) is 2.54. The third kappa shape index (κ3) is 3.30. The predicted molar refractivity (Wildman–Crippen MR) is 152 cm³/mol. The van der Waals surface area contributed by atoms with Crippen LogP contribution in [0.15, 0.2) is 109 Å². The molecule has 176 valence electrons. The van der Waals surface area contributed by atoms with Crippen molar-refractivity contribution in [3.05, 3.63) is 137 Å². The van der Waals surface area contributed by atoms with Crippen LogP contribution in [0.5, 0.6) is 0 Å². The second-order valence-corrected chi connectivity index (χ2v) is 11.4. The molecule has 0 spiro atoms. The minimum Gasteiger partial charge on any atom is -0.333 e. The smallest absolute Gasteiger partial charge is 0.0630 e. The van der Waals surface area contributed by atoms with E-state index in [2.05, 4.69) is 135 Å². The number of benzene rings is 4. The monoisotopic (exact) mass is 465 g/mol. The Morgan fingerprint density at radius 3 is 2.44 bits per heavy atom. The molecule has 36 heavy (non-hydrogen) atoms. The van der Waals surface area contributed by atoms with E-state index in [9.17, 15) is 0 Å². The minimum absolute atomic E-state index is 0.121. The molecule has 1 heterocycles. The molecular formula is C35H31N. The minimum atomic E-state index is 0.121. The summed E-state index contributed by atoms with van der Waals surface area (Å²) >= 11 is 0. The van der Waals surface area contributed by atoms with Crippen molar-refractivity contribution in [3.63, 3.8) is 0 Å². The molecule has 2 unspecified atom stereocenters. The molecule has 2 atom stereocenters. The van der Waals surface area contributed by atoms with Crippen LogP contribution in [0.1, 0.15) is 54.5 Å². The molecule has 0 fully saturated rings. The van der Waals surface area contributed by atoms with Gasteiger partial charge in [0.15, 0.2) is 0 Å². The van der Waals surface area contributed by atoms with E-state index in [4.69, 9.17) is 0 Å². The first-order chi connectivity index (χ1) is 17.5. The molecule has 1 nitrogen and oxygen atoms in total. The second kappa shape index (κ2) is 7.83. The van der Waals surface area contributed by atoms with Gasteiger partial charge in [-0.2, -0.15) is 0 Å². The van der Waals surface area contributed by atoms with E-state index in [0.29, 0.717) is 5.92 Å². The average Bonchev–Trinajstić information content (AvgIpc) is 3.43. The average molecular weight is 466 g/mol. The molecule has 4 aromatic carbocycles. The summed E-state index contributed by atoms with van der Waals surface area (Å²) in [5.74, 6) is 0.333. The second-order valence-electron chi connectivity index (χ2n) is 11.4. The van der Waals surface area contributed by atoms with Gasteiger partial charge >= 0.3 is 0 Å². The number of rotatable bonds is 2. The highest BCUT2D eigenvalue weighted by Gasteiger charge is 2.38. The Morgan fingerprint density at radius 2 is 1.56 bits per heavy atom. The third-order valence-electron chi connectivity index (χ3n) is 8.18. The molecule has 3 aliphatic rings. The molecule has 0 bridgehead atoms. The molecule has 1 aliphatic heterocycles. The van der Waals surface area contributed by atoms with Gasteiger partial charge in [0.05, 0.1) is 6.04 Å². The first-order valence-corrected chi connectivity index (χ1v) is 13.1. The molecule has 0 amide bonds. The van der Waals surface area contributed by atoms with E-state index in [1.54, 1.807) is 0 Å². The van der Waals surface area contributed by atoms with Crippen molar-refractivity contribution in [1.29, 1.82) is 0 Å². The SMILES string of the molecule is CC(C)(C)c1cccc(N2c3ccccc3C3C=C(c4ccc5c(c4)-c4ccccc4C5)C=CC32)c1. The standard InChI is InChI=1S/C35H31N/c1-35(2,3)27-10-8-11-28(22-27)36-33-14-7-6-13-30(33)32-21-24(17-18-34(32)36)23-15-16-26-19-25-9-4-5-12-29(25)31(26)20-23/h4-18,20-22,32,34H,19H2,1-3H3. The molecule has 4 aromatic rings. The number of para-hydroxylation sites is 1. The van der Waals surface area contributed by atoms with E-state index in [0.717, 1.165) is 6.42 Å². The first kappa shape index (κ1) is 21.4. The summed E-state index contributed by atoms with van der Waals surface area (Å²) in [6.45, 7) is 6.87. The van der Waals surface area contributed by atoms with Crippen molar-refractivity contribution in [1.82, 2.24) is 0 Å². The van der Waals surface area contributed by atoms with Crippen molar-refractivity contribution in [2.45, 2.75) is 44.6 Å². The van der Waals surface area contributed by atoms with E-state index in [-0.39, 0.29) is 11.5 Å². The van der Waals surface area contributed by atoms with Gasteiger partial charge < -0.3 is 4.90 Å². The van der Waals surface area contributed by atoms with Gasteiger partial charge in [0.2, 0.25) is 0 Å². The summed E-state index contributed by atoms with van der Waals surface area (Å²) in [5.41, 5.74) is 13.8. The van der Waals surface area contributed by atoms with Crippen LogP contribution in [0.3, 0.4) is 0 Å². The Hall–Kier alpha value is -3.84. The van der Waals surface area contributed by atoms with Crippen LogP contribution in [-0.4, -0.2) is 6.04 Å². The van der Waals surface area contributed by atoms with Crippen LogP contribution in [-0.2, 0) is 11.8 Å². The summed E-state index contributed by atoms with van der Waals surface area (Å²) in [6.07, 6.45) is 8.31. The topological polar surface area (TPSA) is 3.24 Å². The molecule has 2 aliphatic carbocycles. The fraction of sp³-hybridized carbons (Fsp3) is 0.200. The Morgan fingerprint density at radius 1 is 0.750 bits per heavy atom. The van der Waals surface area contributed by atoms with Gasteiger partial charge in [0.25, 0.3) is 0 Å². The number of fused-ring (bicyclic) bond motifs is 6. The van der Waals surface area contributed by atoms with Gasteiger partial charge in [-0.25, -0.2) is 0 Å². The maximum absolute atomic E-state index is 2.54. The van der Waals surface area contributed by atoms with E-state index in [1.807, 2.05) is 0 Å². The summed E-state index contributed by atoms with van der Waals surface area (Å²) in [6, 6.07) is 34.2. The molecule has 0 radical (unpaired) electrons. The van der Waals surface area contributed by atoms with E-state index < -0.39 is 0 Å². The largest absolute Gasteiger partial charge is 0.333 e. The molecule has 0 aromatic heterocycles. The summed E-state index contributed by atoms with van der Waals surface area (Å²) in [5, 5.41) is 0. The van der Waals surface area contributed by atoms with Gasteiger partial charge in [-0.1, -0.05) is 106 Å². The maximum atomic E-state index is 2.54. The lowest BCUT2D eigenvalue weighted by Crippen LogP contribution is -2.29. The van der Waals surface area contributed by atoms with Crippen LogP contribution < -0.4 is 4.90 Å². The zero-order valence-corrected chi connectivity index (χ0v) is 21.2. The fourth-order valence-electron chi connectivity index (χ4n) is 6.27. The Bertz CT molecular complexity index is 1560. The molecule has 7 rings (SSSR count). The number of hydrogen-bond donors (Lipinski definition) is 0. The van der Waals surface area contributed by atoms with Gasteiger partial charge in [-0.15, -0.1) is 0 Å². The van der Waals surface area contributed by atoms with Gasteiger partial charge in [0, 0.05) is 17.3 Å². The highest BCUT2D eigenvalue weighted by molar-refractivity contribution is 5.86. The quantitative estimate of drug-likeness (QED) is 0.252. The summed E-state index contributed by atoms with van der Waals surface area (Å²) in [7, 11) is 0. The molecule has 0 saturated carbocycles. The van der Waals surface area contributed by atoms with Crippen molar-refractivity contribution in [3.8, 4) is 11.1 Å². The number of allylic oxidation sites excluding steroid dienone is 2. The lowest BCUT2D eigenvalue weighted by atomic mass is 9.85. The predicted octanol–water partition coefficient (Wildman–Crippen LogP) is 8.81. The van der Waals surface area contributed by atoms with Crippen LogP contribution >= 0.6 is 0 Å². The Labute approximate surface area is 214 Å². The molecular weight excluding hydrogens is 434 g/mol. The molecule has 0 saturated heterocycles. The van der Waals surface area contributed by atoms with Crippen LogP contribution in [0, 0.1) is 0 Å². The zero-order valence-electron chi connectivity index (χ0n) is 21.2. The number of hydrogen-bond acceptors (Lipinski definition) is 1. The third-order valence-corrected chi connectivity index (χ3v) is 8.18. The molecule has 0 N–H and O–H groups in total. The van der Waals surface area contributed by atoms with E-state index >= 15 is 0 Å². The number of nitrogens with zero attached hydrogens (tertiary/aromatic N) is 1. The normalized spacial score (nSPS) is 19.4. The summed E-state index contributed by atoms with van der Waals surface area (Å²) < 4.78 is 0. The van der Waals surface area contributed by atoms with Crippen molar-refractivity contribution in [2.24, 2.45) is 0 Å². The van der Waals surface area contributed by atoms with Crippen molar-refractivity contribution < 1.29 is 0 Å². The lowest BCUT2D eigenvalue weighted by Gasteiger charge is -2.31. The fourth-order valence-corrected chi connectivity index (χ4v) is 6.27. The lowest BCUT2D eigenvalue weighted by molar-refractivity contribution is 0.590. The number of anilines is 2. The van der Waals surface area contributed by atoms with Gasteiger partial charge in [-0.05, 0) is 80.6 Å². The van der Waals surface area contributed by atoms with Gasteiger partial charge in [-0.3, -0.25) is 0 Å². The van der Waals surface area contributed by atoms with Crippen molar-refractivity contribution in [2.75, 3.05) is 4.90 Å². The maximum Gasteiger partial charge on any atom is 0.0630 e. The highest BCUT2D eigenvalue weighted by Crippen LogP contribution is 2.50. The first-order valence-electron chi connectivity index (χ1n) is 13.1. The molecule has 1 heteroatoms.